The van der Waals surface area contributed by atoms with Crippen molar-refractivity contribution in [1.29, 1.82) is 0 Å². The molecule has 4 nitrogen and oxygen atoms in total. The quantitative estimate of drug-likeness (QED) is 0.855. The second-order valence-corrected chi connectivity index (χ2v) is 3.94. The fourth-order valence-electron chi connectivity index (χ4n) is 1.60. The highest BCUT2D eigenvalue weighted by Gasteiger charge is 2.31. The number of ether oxygens (including phenoxy) is 1. The maximum Gasteiger partial charge on any atom is 0.573 e. The van der Waals surface area contributed by atoms with Crippen LogP contribution >= 0.6 is 0 Å². The van der Waals surface area contributed by atoms with Crippen LogP contribution in [-0.4, -0.2) is 25.9 Å². The summed E-state index contributed by atoms with van der Waals surface area (Å²) in [6, 6.07) is 5.37. The van der Waals surface area contributed by atoms with E-state index < -0.39 is 12.3 Å². The number of nitrogens with one attached hydrogen (secondary N) is 1. The van der Waals surface area contributed by atoms with Crippen molar-refractivity contribution in [1.82, 2.24) is 5.32 Å². The Kier molecular flexibility index (Phi) is 5.17. The number of halogens is 3. The highest BCUT2D eigenvalue weighted by molar-refractivity contribution is 5.78. The molecule has 0 radical (unpaired) electrons. The van der Waals surface area contributed by atoms with Crippen LogP contribution in [0.3, 0.4) is 0 Å². The van der Waals surface area contributed by atoms with Crippen LogP contribution in [0.15, 0.2) is 24.3 Å². The molecule has 1 unspecified atom stereocenters. The zero-order chi connectivity index (χ0) is 14.5. The minimum absolute atomic E-state index is 0.167. The summed E-state index contributed by atoms with van der Waals surface area (Å²) >= 11 is 0. The molecule has 1 rings (SSSR count). The number of benzene rings is 1. The molecule has 0 aliphatic rings. The van der Waals surface area contributed by atoms with Gasteiger partial charge in [0.2, 0.25) is 5.91 Å². The Morgan fingerprint density at radius 3 is 2.37 bits per heavy atom. The number of carbonyl (C=O) groups excluding carboxylic acids is 1. The average molecular weight is 276 g/mol. The monoisotopic (exact) mass is 276 g/mol. The van der Waals surface area contributed by atoms with Gasteiger partial charge in [-0.05, 0) is 24.1 Å². The van der Waals surface area contributed by atoms with Gasteiger partial charge in [-0.25, -0.2) is 0 Å². The first-order chi connectivity index (χ1) is 8.85. The zero-order valence-corrected chi connectivity index (χ0v) is 10.3. The maximum atomic E-state index is 12.0. The van der Waals surface area contributed by atoms with Gasteiger partial charge in [-0.3, -0.25) is 4.79 Å². The minimum atomic E-state index is -4.70. The third-order valence-electron chi connectivity index (χ3n) is 2.54. The van der Waals surface area contributed by atoms with Gasteiger partial charge in [-0.15, -0.1) is 13.2 Å². The molecule has 1 atom stereocenters. The van der Waals surface area contributed by atoms with Crippen molar-refractivity contribution in [2.75, 3.05) is 13.6 Å². The smallest absolute Gasteiger partial charge is 0.406 e. The summed E-state index contributed by atoms with van der Waals surface area (Å²) in [5.41, 5.74) is 6.19. The molecule has 19 heavy (non-hydrogen) atoms. The van der Waals surface area contributed by atoms with Gasteiger partial charge in [-0.2, -0.15) is 0 Å². The lowest BCUT2D eigenvalue weighted by atomic mass is 9.98. The average Bonchev–Trinajstić information content (AvgIpc) is 2.35. The molecule has 0 saturated carbocycles. The number of rotatable bonds is 5. The van der Waals surface area contributed by atoms with Gasteiger partial charge in [0.1, 0.15) is 5.75 Å². The molecule has 0 heterocycles. The minimum Gasteiger partial charge on any atom is -0.406 e. The van der Waals surface area contributed by atoms with E-state index in [1.165, 1.54) is 31.3 Å². The molecule has 0 fully saturated rings. The lowest BCUT2D eigenvalue weighted by Gasteiger charge is -2.14. The molecule has 0 bridgehead atoms. The van der Waals surface area contributed by atoms with E-state index in [4.69, 9.17) is 5.73 Å². The number of carbonyl (C=O) groups is 1. The molecule has 0 aliphatic carbocycles. The van der Waals surface area contributed by atoms with Crippen LogP contribution in [0.25, 0.3) is 0 Å². The van der Waals surface area contributed by atoms with Crippen LogP contribution in [0.5, 0.6) is 5.75 Å². The summed E-state index contributed by atoms with van der Waals surface area (Å²) < 4.78 is 39.7. The summed E-state index contributed by atoms with van der Waals surface area (Å²) in [7, 11) is 1.51. The molecule has 1 aromatic rings. The Hall–Kier alpha value is -1.76. The van der Waals surface area contributed by atoms with E-state index in [0.29, 0.717) is 12.0 Å². The lowest BCUT2D eigenvalue weighted by Crippen LogP contribution is -2.34. The number of alkyl halides is 3. The van der Waals surface area contributed by atoms with Crippen molar-refractivity contribution in [3.63, 3.8) is 0 Å². The largest absolute Gasteiger partial charge is 0.573 e. The van der Waals surface area contributed by atoms with Crippen LogP contribution in [0.4, 0.5) is 13.2 Å². The second kappa shape index (κ2) is 6.42. The maximum absolute atomic E-state index is 12.0. The standard InChI is InChI=1S/C12H15F3N2O2/c1-17-11(18)9(7-16)6-8-2-4-10(5-3-8)19-12(13,14)15/h2-5,9H,6-7,16H2,1H3,(H,17,18). The Bertz CT molecular complexity index is 418. The number of amides is 1. The van der Waals surface area contributed by atoms with Crippen LogP contribution in [0, 0.1) is 5.92 Å². The molecule has 7 heteroatoms. The Balaban J connectivity index is 2.68. The molecule has 3 N–H and O–H groups in total. The highest BCUT2D eigenvalue weighted by atomic mass is 19.4. The van der Waals surface area contributed by atoms with Gasteiger partial charge >= 0.3 is 6.36 Å². The first-order valence-electron chi connectivity index (χ1n) is 5.62. The second-order valence-electron chi connectivity index (χ2n) is 3.94. The predicted octanol–water partition coefficient (Wildman–Crippen LogP) is 1.45. The van der Waals surface area contributed by atoms with E-state index in [1.54, 1.807) is 0 Å². The molecular formula is C12H15F3N2O2. The molecule has 0 saturated heterocycles. The normalized spacial score (nSPS) is 12.9. The third kappa shape index (κ3) is 5.17. The van der Waals surface area contributed by atoms with Crippen molar-refractivity contribution in [3.05, 3.63) is 29.8 Å². The van der Waals surface area contributed by atoms with E-state index in [9.17, 15) is 18.0 Å². The lowest BCUT2D eigenvalue weighted by molar-refractivity contribution is -0.274. The summed E-state index contributed by atoms with van der Waals surface area (Å²) in [6.07, 6.45) is -4.34. The Labute approximate surface area is 108 Å². The Morgan fingerprint density at radius 2 is 1.95 bits per heavy atom. The van der Waals surface area contributed by atoms with Crippen molar-refractivity contribution in [2.24, 2.45) is 11.7 Å². The van der Waals surface area contributed by atoms with Crippen molar-refractivity contribution in [3.8, 4) is 5.75 Å². The van der Waals surface area contributed by atoms with Gasteiger partial charge in [0.15, 0.2) is 0 Å². The van der Waals surface area contributed by atoms with Crippen LogP contribution in [0.2, 0.25) is 0 Å². The Morgan fingerprint density at radius 1 is 1.37 bits per heavy atom. The first kappa shape index (κ1) is 15.3. The van der Waals surface area contributed by atoms with Gasteiger partial charge in [-0.1, -0.05) is 12.1 Å². The van der Waals surface area contributed by atoms with E-state index in [-0.39, 0.29) is 18.2 Å². The SMILES string of the molecule is CNC(=O)C(CN)Cc1ccc(OC(F)(F)F)cc1. The molecule has 0 aliphatic heterocycles. The topological polar surface area (TPSA) is 64.4 Å². The molecule has 106 valence electrons. The number of hydrogen-bond acceptors (Lipinski definition) is 3. The predicted molar refractivity (Wildman–Crippen MR) is 63.4 cm³/mol. The highest BCUT2D eigenvalue weighted by Crippen LogP contribution is 2.23. The van der Waals surface area contributed by atoms with E-state index >= 15 is 0 Å². The molecule has 0 aromatic heterocycles. The first-order valence-corrected chi connectivity index (χ1v) is 5.62. The fourth-order valence-corrected chi connectivity index (χ4v) is 1.60. The van der Waals surface area contributed by atoms with E-state index in [2.05, 4.69) is 10.1 Å². The zero-order valence-electron chi connectivity index (χ0n) is 10.3. The molecular weight excluding hydrogens is 261 g/mol. The summed E-state index contributed by atoms with van der Waals surface area (Å²) in [6.45, 7) is 0.167. The third-order valence-corrected chi connectivity index (χ3v) is 2.54. The van der Waals surface area contributed by atoms with Crippen LogP contribution in [-0.2, 0) is 11.2 Å². The number of hydrogen-bond donors (Lipinski definition) is 2. The summed E-state index contributed by atoms with van der Waals surface area (Å²) in [4.78, 5) is 11.4. The number of nitrogens with two attached hydrogens (primary N) is 1. The van der Waals surface area contributed by atoms with E-state index in [1.807, 2.05) is 0 Å². The van der Waals surface area contributed by atoms with Crippen LogP contribution in [0.1, 0.15) is 5.56 Å². The van der Waals surface area contributed by atoms with Crippen molar-refractivity contribution in [2.45, 2.75) is 12.8 Å². The molecule has 1 aromatic carbocycles. The van der Waals surface area contributed by atoms with Gasteiger partial charge in [0.05, 0.1) is 5.92 Å². The summed E-state index contributed by atoms with van der Waals surface area (Å²) in [5, 5.41) is 2.49. The fraction of sp³-hybridized carbons (Fsp3) is 0.417. The van der Waals surface area contributed by atoms with Crippen molar-refractivity contribution < 1.29 is 22.7 Å². The molecule has 1 amide bonds. The summed E-state index contributed by atoms with van der Waals surface area (Å²) in [5.74, 6) is -0.891. The van der Waals surface area contributed by atoms with Crippen LogP contribution < -0.4 is 15.8 Å². The van der Waals surface area contributed by atoms with Gasteiger partial charge < -0.3 is 15.8 Å². The van der Waals surface area contributed by atoms with E-state index in [0.717, 1.165) is 0 Å². The van der Waals surface area contributed by atoms with Gasteiger partial charge in [0, 0.05) is 13.6 Å². The van der Waals surface area contributed by atoms with Gasteiger partial charge in [0.25, 0.3) is 0 Å². The van der Waals surface area contributed by atoms with Crippen molar-refractivity contribution >= 4 is 5.91 Å². The molecule has 0 spiro atoms.